The molecule has 1 atom stereocenters. The number of aryl methyl sites for hydroxylation is 1. The summed E-state index contributed by atoms with van der Waals surface area (Å²) in [5, 5.41) is 6.90. The summed E-state index contributed by atoms with van der Waals surface area (Å²) >= 11 is 0. The number of hydrogen-bond acceptors (Lipinski definition) is 5. The van der Waals surface area contributed by atoms with Gasteiger partial charge in [0.15, 0.2) is 0 Å². The van der Waals surface area contributed by atoms with Crippen LogP contribution >= 0.6 is 0 Å². The highest BCUT2D eigenvalue weighted by molar-refractivity contribution is 5.96. The number of aromatic nitrogens is 2. The minimum atomic E-state index is -0.290. The molecule has 2 aliphatic rings. The topological polar surface area (TPSA) is 79.7 Å². The van der Waals surface area contributed by atoms with Gasteiger partial charge in [0.1, 0.15) is 0 Å². The van der Waals surface area contributed by atoms with Gasteiger partial charge < -0.3 is 10.1 Å². The van der Waals surface area contributed by atoms with E-state index in [0.29, 0.717) is 39.3 Å². The summed E-state index contributed by atoms with van der Waals surface area (Å²) in [6.45, 7) is 5.87. The van der Waals surface area contributed by atoms with E-state index in [9.17, 15) is 9.59 Å². The zero-order chi connectivity index (χ0) is 15.5. The summed E-state index contributed by atoms with van der Waals surface area (Å²) in [6, 6.07) is -0.290. The maximum atomic E-state index is 12.2. The Kier molecular flexibility index (Phi) is 4.39. The van der Waals surface area contributed by atoms with Gasteiger partial charge in [-0.05, 0) is 12.5 Å². The van der Waals surface area contributed by atoms with Crippen LogP contribution in [0.2, 0.25) is 0 Å². The lowest BCUT2D eigenvalue weighted by molar-refractivity contribution is -0.131. The van der Waals surface area contributed by atoms with E-state index in [-0.39, 0.29) is 24.6 Å². The molecule has 3 heterocycles. The lowest BCUT2D eigenvalue weighted by Crippen LogP contribution is -2.49. The van der Waals surface area contributed by atoms with E-state index < -0.39 is 0 Å². The molecule has 8 heteroatoms. The van der Waals surface area contributed by atoms with Crippen LogP contribution in [0.15, 0.2) is 12.4 Å². The summed E-state index contributed by atoms with van der Waals surface area (Å²) < 4.78 is 7.60. The van der Waals surface area contributed by atoms with Gasteiger partial charge in [0.2, 0.25) is 5.91 Å². The molecule has 1 aromatic heterocycles. The van der Waals surface area contributed by atoms with Gasteiger partial charge in [-0.1, -0.05) is 0 Å². The molecule has 2 fully saturated rings. The highest BCUT2D eigenvalue weighted by Gasteiger charge is 2.29. The van der Waals surface area contributed by atoms with E-state index in [1.54, 1.807) is 0 Å². The van der Waals surface area contributed by atoms with Crippen molar-refractivity contribution in [3.05, 3.63) is 18.0 Å². The molecule has 3 amide bonds. The van der Waals surface area contributed by atoms with Crippen LogP contribution in [0.25, 0.3) is 0 Å². The number of rotatable bonds is 4. The van der Waals surface area contributed by atoms with Crippen molar-refractivity contribution < 1.29 is 14.3 Å². The van der Waals surface area contributed by atoms with Crippen LogP contribution in [0, 0.1) is 6.92 Å². The van der Waals surface area contributed by atoms with Gasteiger partial charge in [0.05, 0.1) is 32.0 Å². The van der Waals surface area contributed by atoms with Gasteiger partial charge in [-0.25, -0.2) is 4.79 Å². The van der Waals surface area contributed by atoms with E-state index in [0.717, 1.165) is 5.56 Å². The number of morpholine rings is 1. The largest absolute Gasteiger partial charge is 0.374 e. The van der Waals surface area contributed by atoms with E-state index in [2.05, 4.69) is 10.4 Å². The lowest BCUT2D eigenvalue weighted by atomic mass is 10.2. The summed E-state index contributed by atoms with van der Waals surface area (Å²) in [7, 11) is 0. The molecule has 22 heavy (non-hydrogen) atoms. The van der Waals surface area contributed by atoms with Crippen LogP contribution in [0.1, 0.15) is 5.56 Å². The average molecular weight is 307 g/mol. The monoisotopic (exact) mass is 307 g/mol. The van der Waals surface area contributed by atoms with E-state index in [1.165, 1.54) is 4.90 Å². The van der Waals surface area contributed by atoms with Crippen molar-refractivity contribution in [3.8, 4) is 0 Å². The number of ether oxygens (including phenoxy) is 1. The molecule has 1 aromatic rings. The molecule has 0 bridgehead atoms. The van der Waals surface area contributed by atoms with Gasteiger partial charge in [-0.2, -0.15) is 5.10 Å². The molecule has 0 radical (unpaired) electrons. The summed E-state index contributed by atoms with van der Waals surface area (Å²) in [5.74, 6) is -0.148. The molecule has 0 spiro atoms. The fraction of sp³-hybridized carbons (Fsp3) is 0.643. The number of urea groups is 1. The van der Waals surface area contributed by atoms with Crippen LogP contribution in [-0.2, 0) is 16.1 Å². The molecule has 120 valence electrons. The second-order valence-corrected chi connectivity index (χ2v) is 5.74. The van der Waals surface area contributed by atoms with Crippen molar-refractivity contribution in [2.24, 2.45) is 0 Å². The minimum Gasteiger partial charge on any atom is -0.374 e. The Labute approximate surface area is 129 Å². The smallest absolute Gasteiger partial charge is 0.324 e. The fourth-order valence-electron chi connectivity index (χ4n) is 2.80. The number of amides is 3. The van der Waals surface area contributed by atoms with Gasteiger partial charge in [-0.3, -0.25) is 19.3 Å². The molecular weight excluding hydrogens is 286 g/mol. The van der Waals surface area contributed by atoms with Crippen LogP contribution in [0.3, 0.4) is 0 Å². The molecule has 1 N–H and O–H groups in total. The van der Waals surface area contributed by atoms with Crippen molar-refractivity contribution in [3.63, 3.8) is 0 Å². The maximum Gasteiger partial charge on any atom is 0.324 e. The fourth-order valence-corrected chi connectivity index (χ4v) is 2.80. The molecular formula is C14H21N5O3. The van der Waals surface area contributed by atoms with Crippen molar-refractivity contribution in [1.82, 2.24) is 24.9 Å². The maximum absolute atomic E-state index is 12.2. The SMILES string of the molecule is Cc1cnn(C[C@H]2CN(CC(=O)N3CCNC3=O)CCO2)c1. The third kappa shape index (κ3) is 3.45. The Bertz CT molecular complexity index is 558. The number of hydrogen-bond donors (Lipinski definition) is 1. The van der Waals surface area contributed by atoms with E-state index >= 15 is 0 Å². The predicted molar refractivity (Wildman–Crippen MR) is 78.3 cm³/mol. The first-order chi connectivity index (χ1) is 10.6. The Morgan fingerprint density at radius 2 is 2.36 bits per heavy atom. The lowest BCUT2D eigenvalue weighted by Gasteiger charge is -2.32. The number of imide groups is 1. The zero-order valence-corrected chi connectivity index (χ0v) is 12.7. The summed E-state index contributed by atoms with van der Waals surface area (Å²) in [6.07, 6.45) is 3.80. The van der Waals surface area contributed by atoms with Crippen molar-refractivity contribution in [1.29, 1.82) is 0 Å². The highest BCUT2D eigenvalue weighted by Crippen LogP contribution is 2.09. The Morgan fingerprint density at radius 1 is 1.50 bits per heavy atom. The van der Waals surface area contributed by atoms with Crippen LogP contribution < -0.4 is 5.32 Å². The third-order valence-electron chi connectivity index (χ3n) is 3.89. The van der Waals surface area contributed by atoms with Crippen molar-refractivity contribution in [2.45, 2.75) is 19.6 Å². The first kappa shape index (κ1) is 15.0. The molecule has 3 rings (SSSR count). The Hall–Kier alpha value is -1.93. The summed E-state index contributed by atoms with van der Waals surface area (Å²) in [4.78, 5) is 27.0. The second kappa shape index (κ2) is 6.45. The molecule has 0 aromatic carbocycles. The van der Waals surface area contributed by atoms with Crippen LogP contribution in [0.5, 0.6) is 0 Å². The summed E-state index contributed by atoms with van der Waals surface area (Å²) in [5.41, 5.74) is 1.11. The minimum absolute atomic E-state index is 0.00764. The zero-order valence-electron chi connectivity index (χ0n) is 12.7. The van der Waals surface area contributed by atoms with Gasteiger partial charge in [-0.15, -0.1) is 0 Å². The molecule has 8 nitrogen and oxygen atoms in total. The molecule has 2 saturated heterocycles. The third-order valence-corrected chi connectivity index (χ3v) is 3.89. The van der Waals surface area contributed by atoms with E-state index in [1.807, 2.05) is 28.9 Å². The van der Waals surface area contributed by atoms with Crippen molar-refractivity contribution in [2.75, 3.05) is 39.3 Å². The standard InChI is InChI=1S/C14H21N5O3/c1-11-6-16-18(7-11)9-12-8-17(4-5-22-12)10-13(20)19-3-2-15-14(19)21/h6-7,12H,2-5,8-10H2,1H3,(H,15,21)/t12-/m1/s1. The molecule has 0 unspecified atom stereocenters. The van der Waals surface area contributed by atoms with Gasteiger partial charge in [0.25, 0.3) is 0 Å². The molecule has 0 aliphatic carbocycles. The number of carbonyl (C=O) groups is 2. The Morgan fingerprint density at radius 3 is 3.05 bits per heavy atom. The number of nitrogens with zero attached hydrogens (tertiary/aromatic N) is 4. The average Bonchev–Trinajstić information content (AvgIpc) is 3.08. The highest BCUT2D eigenvalue weighted by atomic mass is 16.5. The number of nitrogens with one attached hydrogen (secondary N) is 1. The van der Waals surface area contributed by atoms with Crippen LogP contribution in [-0.4, -0.2) is 77.0 Å². The predicted octanol–water partition coefficient (Wildman–Crippen LogP) is -0.556. The molecule has 0 saturated carbocycles. The molecule has 2 aliphatic heterocycles. The first-order valence-corrected chi connectivity index (χ1v) is 7.53. The normalized spacial score (nSPS) is 22.9. The van der Waals surface area contributed by atoms with E-state index in [4.69, 9.17) is 4.74 Å². The van der Waals surface area contributed by atoms with Gasteiger partial charge in [0, 0.05) is 32.4 Å². The van der Waals surface area contributed by atoms with Crippen LogP contribution in [0.4, 0.5) is 4.79 Å². The van der Waals surface area contributed by atoms with Gasteiger partial charge >= 0.3 is 6.03 Å². The van der Waals surface area contributed by atoms with Crippen molar-refractivity contribution >= 4 is 11.9 Å². The quantitative estimate of drug-likeness (QED) is 0.807. The second-order valence-electron chi connectivity index (χ2n) is 5.74. The number of carbonyl (C=O) groups excluding carboxylic acids is 2. The Balaban J connectivity index is 1.52. The first-order valence-electron chi connectivity index (χ1n) is 7.53.